The number of fused-ring (bicyclic) bond motifs is 1. The first-order chi connectivity index (χ1) is 8.25. The van der Waals surface area contributed by atoms with E-state index in [9.17, 15) is 4.79 Å². The van der Waals surface area contributed by atoms with Crippen molar-refractivity contribution in [2.75, 3.05) is 18.5 Å². The molecule has 0 unspecified atom stereocenters. The van der Waals surface area contributed by atoms with Crippen molar-refractivity contribution in [3.05, 3.63) is 52.8 Å². The summed E-state index contributed by atoms with van der Waals surface area (Å²) in [6.45, 7) is 1.70. The van der Waals surface area contributed by atoms with Crippen LogP contribution in [-0.2, 0) is 6.54 Å². The van der Waals surface area contributed by atoms with Gasteiger partial charge in [0.25, 0.3) is 5.56 Å². The molecule has 0 bridgehead atoms. The Morgan fingerprint density at radius 2 is 1.76 bits per heavy atom. The van der Waals surface area contributed by atoms with E-state index in [1.807, 2.05) is 41.9 Å². The number of hydrogen-bond acceptors (Lipinski definition) is 2. The molecule has 0 atom stereocenters. The van der Waals surface area contributed by atoms with Gasteiger partial charge in [0.05, 0.1) is 0 Å². The number of anilines is 1. The molecule has 1 aromatic carbocycles. The van der Waals surface area contributed by atoms with Gasteiger partial charge in [-0.15, -0.1) is 0 Å². The molecule has 3 rings (SSSR count). The zero-order valence-corrected chi connectivity index (χ0v) is 9.76. The Morgan fingerprint density at radius 3 is 2.53 bits per heavy atom. The maximum Gasteiger partial charge on any atom is 0.252 e. The zero-order chi connectivity index (χ0) is 11.8. The van der Waals surface area contributed by atoms with Crippen molar-refractivity contribution >= 4 is 5.82 Å². The first kappa shape index (κ1) is 10.1. The average molecular weight is 226 g/mol. The normalized spacial score (nSPS) is 13.8. The van der Waals surface area contributed by atoms with Crippen molar-refractivity contribution in [2.45, 2.75) is 6.54 Å². The summed E-state index contributed by atoms with van der Waals surface area (Å²) in [5.74, 6) is 1.01. The first-order valence-electron chi connectivity index (χ1n) is 5.77. The molecule has 0 saturated carbocycles. The molecule has 0 fully saturated rings. The van der Waals surface area contributed by atoms with Crippen LogP contribution in [0.15, 0.2) is 47.3 Å². The van der Waals surface area contributed by atoms with Gasteiger partial charge in [0, 0.05) is 26.2 Å². The Kier molecular flexibility index (Phi) is 2.25. The van der Waals surface area contributed by atoms with E-state index in [0.717, 1.165) is 30.0 Å². The van der Waals surface area contributed by atoms with E-state index >= 15 is 0 Å². The molecule has 0 radical (unpaired) electrons. The van der Waals surface area contributed by atoms with Crippen molar-refractivity contribution in [3.63, 3.8) is 0 Å². The number of pyridine rings is 1. The smallest absolute Gasteiger partial charge is 0.252 e. The Hall–Kier alpha value is -2.03. The standard InChI is InChI=1S/C14H14N2O/c1-15-7-8-16-13(15)9-12(10-14(16)17)11-5-3-2-4-6-11/h2-6,9-10H,7-8H2,1H3. The fraction of sp³-hybridized carbons (Fsp3) is 0.214. The van der Waals surface area contributed by atoms with Gasteiger partial charge in [-0.05, 0) is 17.2 Å². The van der Waals surface area contributed by atoms with Crippen LogP contribution in [0.25, 0.3) is 11.1 Å². The van der Waals surface area contributed by atoms with Crippen LogP contribution in [-0.4, -0.2) is 18.2 Å². The number of nitrogens with zero attached hydrogens (tertiary/aromatic N) is 2. The molecule has 2 heterocycles. The van der Waals surface area contributed by atoms with Gasteiger partial charge in [-0.2, -0.15) is 0 Å². The van der Waals surface area contributed by atoms with Gasteiger partial charge in [-0.1, -0.05) is 30.3 Å². The van der Waals surface area contributed by atoms with Crippen LogP contribution in [0.1, 0.15) is 0 Å². The molecule has 1 aliphatic rings. The Morgan fingerprint density at radius 1 is 1.00 bits per heavy atom. The maximum absolute atomic E-state index is 12.0. The third kappa shape index (κ3) is 1.64. The molecule has 3 heteroatoms. The van der Waals surface area contributed by atoms with Gasteiger partial charge >= 0.3 is 0 Å². The molecule has 2 aromatic rings. The van der Waals surface area contributed by atoms with Gasteiger partial charge < -0.3 is 4.90 Å². The molecule has 1 aliphatic heterocycles. The second-order valence-electron chi connectivity index (χ2n) is 4.38. The van der Waals surface area contributed by atoms with E-state index in [1.54, 1.807) is 6.07 Å². The quantitative estimate of drug-likeness (QED) is 0.742. The Bertz CT molecular complexity index is 601. The minimum Gasteiger partial charge on any atom is -0.359 e. The maximum atomic E-state index is 12.0. The Labute approximate surface area is 99.9 Å². The third-order valence-corrected chi connectivity index (χ3v) is 3.26. The summed E-state index contributed by atoms with van der Waals surface area (Å²) in [5, 5.41) is 0. The van der Waals surface area contributed by atoms with Crippen LogP contribution in [0.4, 0.5) is 5.82 Å². The fourth-order valence-electron chi connectivity index (χ4n) is 2.29. The van der Waals surface area contributed by atoms with E-state index in [-0.39, 0.29) is 5.56 Å². The lowest BCUT2D eigenvalue weighted by Crippen LogP contribution is -2.17. The summed E-state index contributed by atoms with van der Waals surface area (Å²) in [4.78, 5) is 14.1. The number of likely N-dealkylation sites (N-methyl/N-ethyl adjacent to an activating group) is 1. The highest BCUT2D eigenvalue weighted by Gasteiger charge is 2.17. The summed E-state index contributed by atoms with van der Waals surface area (Å²) in [7, 11) is 2.02. The van der Waals surface area contributed by atoms with Gasteiger partial charge in [0.1, 0.15) is 5.82 Å². The summed E-state index contributed by atoms with van der Waals surface area (Å²) in [5.41, 5.74) is 2.18. The number of hydrogen-bond donors (Lipinski definition) is 0. The summed E-state index contributed by atoms with van der Waals surface area (Å²) >= 11 is 0. The van der Waals surface area contributed by atoms with E-state index in [2.05, 4.69) is 11.0 Å². The predicted octanol–water partition coefficient (Wildman–Crippen LogP) is 1.97. The zero-order valence-electron chi connectivity index (χ0n) is 9.76. The molecule has 0 N–H and O–H groups in total. The Balaban J connectivity index is 2.18. The number of rotatable bonds is 1. The van der Waals surface area contributed by atoms with Crippen molar-refractivity contribution in [2.24, 2.45) is 0 Å². The molecule has 0 amide bonds. The molecule has 3 nitrogen and oxygen atoms in total. The molecule has 0 spiro atoms. The van der Waals surface area contributed by atoms with Gasteiger partial charge in [0.15, 0.2) is 0 Å². The molecular formula is C14H14N2O. The predicted molar refractivity (Wildman–Crippen MR) is 69.4 cm³/mol. The van der Waals surface area contributed by atoms with Gasteiger partial charge in [0.2, 0.25) is 0 Å². The molecule has 0 aliphatic carbocycles. The van der Waals surface area contributed by atoms with E-state index < -0.39 is 0 Å². The van der Waals surface area contributed by atoms with Crippen LogP contribution in [0.2, 0.25) is 0 Å². The van der Waals surface area contributed by atoms with E-state index in [1.165, 1.54) is 0 Å². The lowest BCUT2D eigenvalue weighted by atomic mass is 10.1. The van der Waals surface area contributed by atoms with Crippen molar-refractivity contribution in [3.8, 4) is 11.1 Å². The fourth-order valence-corrected chi connectivity index (χ4v) is 2.29. The monoisotopic (exact) mass is 226 g/mol. The highest BCUT2D eigenvalue weighted by molar-refractivity contribution is 5.67. The highest BCUT2D eigenvalue weighted by atomic mass is 16.1. The minimum atomic E-state index is 0.0886. The third-order valence-electron chi connectivity index (χ3n) is 3.26. The van der Waals surface area contributed by atoms with E-state index in [4.69, 9.17) is 0 Å². The van der Waals surface area contributed by atoms with Crippen molar-refractivity contribution < 1.29 is 0 Å². The average Bonchev–Trinajstić information content (AvgIpc) is 2.73. The molecule has 86 valence electrons. The van der Waals surface area contributed by atoms with Crippen LogP contribution >= 0.6 is 0 Å². The SMILES string of the molecule is CN1CCn2c1cc(-c1ccccc1)cc2=O. The van der Waals surface area contributed by atoms with Gasteiger partial charge in [-0.25, -0.2) is 0 Å². The summed E-state index contributed by atoms with van der Waals surface area (Å²) < 4.78 is 1.83. The summed E-state index contributed by atoms with van der Waals surface area (Å²) in [6, 6.07) is 13.8. The molecule has 17 heavy (non-hydrogen) atoms. The highest BCUT2D eigenvalue weighted by Crippen LogP contribution is 2.24. The summed E-state index contributed by atoms with van der Waals surface area (Å²) in [6.07, 6.45) is 0. The van der Waals surface area contributed by atoms with Crippen LogP contribution in [0.5, 0.6) is 0 Å². The molecule has 0 saturated heterocycles. The van der Waals surface area contributed by atoms with E-state index in [0.29, 0.717) is 0 Å². The second-order valence-corrected chi connectivity index (χ2v) is 4.38. The topological polar surface area (TPSA) is 25.2 Å². The number of benzene rings is 1. The molecular weight excluding hydrogens is 212 g/mol. The lowest BCUT2D eigenvalue weighted by molar-refractivity contribution is 0.764. The van der Waals surface area contributed by atoms with Crippen LogP contribution < -0.4 is 10.5 Å². The number of aromatic nitrogens is 1. The second kappa shape index (κ2) is 3.77. The molecule has 1 aromatic heterocycles. The first-order valence-corrected chi connectivity index (χ1v) is 5.77. The minimum absolute atomic E-state index is 0.0886. The largest absolute Gasteiger partial charge is 0.359 e. The van der Waals surface area contributed by atoms with Crippen LogP contribution in [0, 0.1) is 0 Å². The van der Waals surface area contributed by atoms with Gasteiger partial charge in [-0.3, -0.25) is 9.36 Å². The van der Waals surface area contributed by atoms with Crippen molar-refractivity contribution in [1.29, 1.82) is 0 Å². The van der Waals surface area contributed by atoms with Crippen LogP contribution in [0.3, 0.4) is 0 Å². The van der Waals surface area contributed by atoms with Crippen molar-refractivity contribution in [1.82, 2.24) is 4.57 Å². The lowest BCUT2D eigenvalue weighted by Gasteiger charge is -2.12.